The van der Waals surface area contributed by atoms with E-state index in [1.165, 1.54) is 16.2 Å². The number of carbonyl (C=O) groups is 1. The Morgan fingerprint density at radius 1 is 1.50 bits per heavy atom. The second-order valence-corrected chi connectivity index (χ2v) is 9.29. The highest BCUT2D eigenvalue weighted by molar-refractivity contribution is 7.98. The van der Waals surface area contributed by atoms with Crippen LogP contribution in [0.1, 0.15) is 47.3 Å². The third kappa shape index (κ3) is 4.68. The van der Waals surface area contributed by atoms with E-state index in [1.54, 1.807) is 11.3 Å². The zero-order valence-corrected chi connectivity index (χ0v) is 14.7. The number of halogens is 1. The summed E-state index contributed by atoms with van der Waals surface area (Å²) in [5.41, 5.74) is 1.53. The number of nitrogens with one attached hydrogen (secondary N) is 1. The van der Waals surface area contributed by atoms with E-state index in [1.807, 2.05) is 11.8 Å². The maximum atomic E-state index is 12.2. The molecule has 0 radical (unpaired) electrons. The number of hydrogen-bond acceptors (Lipinski definition) is 3. The summed E-state index contributed by atoms with van der Waals surface area (Å²) in [6.45, 7) is 7.02. The van der Waals surface area contributed by atoms with Gasteiger partial charge in [-0.2, -0.15) is 11.8 Å². The van der Waals surface area contributed by atoms with Gasteiger partial charge in [0.2, 0.25) is 0 Å². The summed E-state index contributed by atoms with van der Waals surface area (Å²) >= 11 is 9.86. The molecule has 1 amide bonds. The van der Waals surface area contributed by atoms with Crippen molar-refractivity contribution in [2.24, 2.45) is 5.41 Å². The van der Waals surface area contributed by atoms with Crippen molar-refractivity contribution < 1.29 is 4.79 Å². The number of hydrogen-bond donors (Lipinski definition) is 1. The Morgan fingerprint density at radius 3 is 2.90 bits per heavy atom. The minimum atomic E-state index is -0.0101. The number of rotatable bonds is 4. The van der Waals surface area contributed by atoms with Crippen LogP contribution in [0.15, 0.2) is 6.07 Å². The molecule has 1 aromatic rings. The summed E-state index contributed by atoms with van der Waals surface area (Å²) in [4.78, 5) is 14.4. The predicted octanol–water partition coefficient (Wildman–Crippen LogP) is 4.31. The highest BCUT2D eigenvalue weighted by Crippen LogP contribution is 2.31. The summed E-state index contributed by atoms with van der Waals surface area (Å²) in [5, 5.41) is 2.95. The molecule has 1 aromatic heterocycles. The summed E-state index contributed by atoms with van der Waals surface area (Å²) in [6.07, 6.45) is 1.99. The van der Waals surface area contributed by atoms with Gasteiger partial charge < -0.3 is 5.32 Å². The van der Waals surface area contributed by atoms with Gasteiger partial charge in [0.05, 0.1) is 10.3 Å². The van der Waals surface area contributed by atoms with Crippen LogP contribution >= 0.6 is 34.7 Å². The van der Waals surface area contributed by atoms with Crippen LogP contribution in [0.2, 0.25) is 0 Å². The first-order valence-electron chi connectivity index (χ1n) is 6.97. The minimum Gasteiger partial charge on any atom is -0.350 e. The molecule has 0 bridgehead atoms. The molecule has 112 valence electrons. The Labute approximate surface area is 134 Å². The van der Waals surface area contributed by atoms with Crippen molar-refractivity contribution >= 4 is 40.6 Å². The van der Waals surface area contributed by atoms with Crippen molar-refractivity contribution in [3.05, 3.63) is 21.4 Å². The molecule has 1 atom stereocenters. The lowest BCUT2D eigenvalue weighted by Crippen LogP contribution is -2.31. The summed E-state index contributed by atoms with van der Waals surface area (Å²) in [5.74, 6) is 2.24. The lowest BCUT2D eigenvalue weighted by atomic mass is 9.90. The summed E-state index contributed by atoms with van der Waals surface area (Å²) in [6, 6.07) is 2.05. The second kappa shape index (κ2) is 6.71. The van der Waals surface area contributed by atoms with Crippen LogP contribution in [0.4, 0.5) is 0 Å². The molecule has 1 N–H and O–H groups in total. The Morgan fingerprint density at radius 2 is 2.25 bits per heavy atom. The van der Waals surface area contributed by atoms with E-state index < -0.39 is 0 Å². The molecule has 0 aliphatic carbocycles. The van der Waals surface area contributed by atoms with E-state index in [-0.39, 0.29) is 16.7 Å². The first-order valence-corrected chi connectivity index (χ1v) is 9.37. The third-order valence-corrected chi connectivity index (χ3v) is 5.72. The van der Waals surface area contributed by atoms with Gasteiger partial charge in [-0.05, 0) is 35.6 Å². The van der Waals surface area contributed by atoms with Crippen molar-refractivity contribution in [2.75, 3.05) is 12.3 Å². The number of amides is 1. The van der Waals surface area contributed by atoms with Crippen LogP contribution in [0.3, 0.4) is 0 Å². The van der Waals surface area contributed by atoms with Crippen LogP contribution in [-0.2, 0) is 12.2 Å². The average Bonchev–Trinajstić information content (AvgIpc) is 2.77. The fourth-order valence-electron chi connectivity index (χ4n) is 2.29. The molecule has 0 saturated carbocycles. The van der Waals surface area contributed by atoms with Crippen molar-refractivity contribution in [1.82, 2.24) is 5.32 Å². The monoisotopic (exact) mass is 331 g/mol. The molecule has 20 heavy (non-hydrogen) atoms. The van der Waals surface area contributed by atoms with Crippen molar-refractivity contribution in [3.63, 3.8) is 0 Å². The molecule has 0 aromatic carbocycles. The normalized spacial score (nSPS) is 16.6. The van der Waals surface area contributed by atoms with E-state index >= 15 is 0 Å². The van der Waals surface area contributed by atoms with Crippen LogP contribution < -0.4 is 5.32 Å². The average molecular weight is 332 g/mol. The van der Waals surface area contributed by atoms with Gasteiger partial charge in [0.25, 0.3) is 5.91 Å². The van der Waals surface area contributed by atoms with Gasteiger partial charge in [-0.3, -0.25) is 4.79 Å². The van der Waals surface area contributed by atoms with E-state index in [2.05, 4.69) is 32.2 Å². The highest BCUT2D eigenvalue weighted by Gasteiger charge is 2.20. The van der Waals surface area contributed by atoms with Crippen molar-refractivity contribution in [3.8, 4) is 0 Å². The first-order chi connectivity index (χ1) is 9.35. The van der Waals surface area contributed by atoms with Crippen LogP contribution in [0, 0.1) is 5.41 Å². The van der Waals surface area contributed by atoms with Gasteiger partial charge in [0.1, 0.15) is 0 Å². The summed E-state index contributed by atoms with van der Waals surface area (Å²) < 4.78 is 0. The Kier molecular flexibility index (Phi) is 5.43. The quantitative estimate of drug-likeness (QED) is 0.833. The maximum absolute atomic E-state index is 12.2. The van der Waals surface area contributed by atoms with E-state index in [9.17, 15) is 4.79 Å². The molecule has 2 nitrogen and oxygen atoms in total. The smallest absolute Gasteiger partial charge is 0.261 e. The molecule has 0 fully saturated rings. The van der Waals surface area contributed by atoms with Gasteiger partial charge in [0, 0.05) is 17.2 Å². The Bertz CT molecular complexity index is 455. The van der Waals surface area contributed by atoms with E-state index in [0.29, 0.717) is 6.54 Å². The maximum Gasteiger partial charge on any atom is 0.261 e. The van der Waals surface area contributed by atoms with Crippen LogP contribution in [0.25, 0.3) is 0 Å². The largest absolute Gasteiger partial charge is 0.350 e. The Balaban J connectivity index is 1.87. The molecule has 2 rings (SSSR count). The number of alkyl halides is 1. The minimum absolute atomic E-state index is 0.0101. The van der Waals surface area contributed by atoms with Crippen molar-refractivity contribution in [1.29, 1.82) is 0 Å². The van der Waals surface area contributed by atoms with Crippen LogP contribution in [-0.4, -0.2) is 23.6 Å². The summed E-state index contributed by atoms with van der Waals surface area (Å²) in [7, 11) is 0. The fraction of sp³-hybridized carbons (Fsp3) is 0.667. The molecular weight excluding hydrogens is 310 g/mol. The molecule has 0 spiro atoms. The van der Waals surface area contributed by atoms with Crippen molar-refractivity contribution in [2.45, 2.75) is 44.7 Å². The van der Waals surface area contributed by atoms with E-state index in [4.69, 9.17) is 11.6 Å². The van der Waals surface area contributed by atoms with Gasteiger partial charge in [-0.15, -0.1) is 22.9 Å². The number of fused-ring (bicyclic) bond motifs is 1. The van der Waals surface area contributed by atoms with Gasteiger partial charge in [-0.1, -0.05) is 20.8 Å². The van der Waals surface area contributed by atoms with Gasteiger partial charge in [-0.25, -0.2) is 0 Å². The van der Waals surface area contributed by atoms with Gasteiger partial charge >= 0.3 is 0 Å². The molecule has 0 saturated heterocycles. The molecule has 1 aliphatic rings. The fourth-order valence-corrected chi connectivity index (χ4v) is 5.12. The standard InChI is InChI=1S/C15H22ClNOS2/c1-15(2,3)7-11(16)8-17-14(18)13-6-10-9-19-5-4-12(10)20-13/h6,11H,4-5,7-9H2,1-3H3,(H,17,18). The number of thioether (sulfide) groups is 1. The SMILES string of the molecule is CC(C)(C)CC(Cl)CNC(=O)c1cc2c(s1)CCSC2. The third-order valence-electron chi connectivity index (χ3n) is 3.17. The van der Waals surface area contributed by atoms with Crippen LogP contribution in [0.5, 0.6) is 0 Å². The number of carbonyl (C=O) groups excluding carboxylic acids is 1. The molecule has 1 aliphatic heterocycles. The molecule has 2 heterocycles. The highest BCUT2D eigenvalue weighted by atomic mass is 35.5. The van der Waals surface area contributed by atoms with Gasteiger partial charge in [0.15, 0.2) is 0 Å². The lowest BCUT2D eigenvalue weighted by molar-refractivity contribution is 0.0956. The molecule has 5 heteroatoms. The second-order valence-electron chi connectivity index (χ2n) is 6.43. The first kappa shape index (κ1) is 16.2. The predicted molar refractivity (Wildman–Crippen MR) is 90.2 cm³/mol. The number of thiophene rings is 1. The lowest BCUT2D eigenvalue weighted by Gasteiger charge is -2.21. The molecule has 1 unspecified atom stereocenters. The van der Waals surface area contributed by atoms with E-state index in [0.717, 1.165) is 23.5 Å². The zero-order valence-electron chi connectivity index (χ0n) is 12.3. The Hall–Kier alpha value is -0.190. The zero-order chi connectivity index (χ0) is 14.8. The topological polar surface area (TPSA) is 29.1 Å². The number of aryl methyl sites for hydroxylation is 1. The molecular formula is C15H22ClNOS2.